The molecule has 11 nitrogen and oxygen atoms in total. The lowest BCUT2D eigenvalue weighted by Crippen LogP contribution is -2.52. The Morgan fingerprint density at radius 3 is 2.33 bits per heavy atom. The smallest absolute Gasteiger partial charge is 0.229 e. The number of anilines is 5. The van der Waals surface area contributed by atoms with Gasteiger partial charge in [0.25, 0.3) is 0 Å². The number of rotatable bonds is 10. The van der Waals surface area contributed by atoms with Crippen LogP contribution in [-0.4, -0.2) is 103 Å². The van der Waals surface area contributed by atoms with Crippen LogP contribution in [0.15, 0.2) is 53.4 Å². The second-order valence-corrected chi connectivity index (χ2v) is 17.1. The van der Waals surface area contributed by atoms with Gasteiger partial charge in [-0.15, -0.1) is 0 Å². The molecule has 4 aromatic rings. The first-order chi connectivity index (χ1) is 23.5. The second-order valence-electron chi connectivity index (χ2n) is 13.0. The Kier molecular flexibility index (Phi) is 10.8. The van der Waals surface area contributed by atoms with Crippen LogP contribution in [0.5, 0.6) is 5.75 Å². The number of piperidine rings is 1. The number of benzene rings is 2. The predicted molar refractivity (Wildman–Crippen MR) is 199 cm³/mol. The minimum Gasteiger partial charge on any atom is -0.494 e. The molecule has 0 atom stereocenters. The van der Waals surface area contributed by atoms with Crippen molar-refractivity contribution in [2.75, 3.05) is 82.3 Å². The van der Waals surface area contributed by atoms with Crippen molar-refractivity contribution in [3.05, 3.63) is 64.8 Å². The maximum Gasteiger partial charge on any atom is 0.229 e. The number of aryl methyl sites for hydroxylation is 1. The summed E-state index contributed by atoms with van der Waals surface area (Å²) >= 11 is 3.57. The third-order valence-corrected chi connectivity index (χ3v) is 11.5. The number of piperazine rings is 1. The summed E-state index contributed by atoms with van der Waals surface area (Å²) in [4.78, 5) is 25.0. The largest absolute Gasteiger partial charge is 0.494 e. The van der Waals surface area contributed by atoms with E-state index in [1.807, 2.05) is 6.07 Å². The number of nitrogens with one attached hydrogen (secondary N) is 2. The summed E-state index contributed by atoms with van der Waals surface area (Å²) in [5.41, 5.74) is 4.48. The number of methoxy groups -OCH3 is 1. The average molecular weight is 753 g/mol. The molecule has 2 fully saturated rings. The summed E-state index contributed by atoms with van der Waals surface area (Å²) < 4.78 is 33.4. The molecular weight excluding hydrogens is 708 g/mol. The molecule has 0 saturated carbocycles. The number of aromatic nitrogens is 4. The normalized spacial score (nSPS) is 16.5. The van der Waals surface area contributed by atoms with Crippen LogP contribution in [0.2, 0.25) is 0 Å². The summed E-state index contributed by atoms with van der Waals surface area (Å²) in [5, 5.41) is 7.31. The Morgan fingerprint density at radius 2 is 1.67 bits per heavy atom. The van der Waals surface area contributed by atoms with Crippen LogP contribution in [0, 0.1) is 5.82 Å². The van der Waals surface area contributed by atoms with Crippen molar-refractivity contribution < 1.29 is 13.7 Å². The number of halogens is 2. The molecule has 0 radical (unpaired) electrons. The summed E-state index contributed by atoms with van der Waals surface area (Å²) in [7, 11) is 1.12. The SMILES string of the molecule is CCc1cc(Nc2ncc(Br)c(Nc3ccc(-c4ncc(F)cn4)cc3P(C)(C)=O)n2)c(OC)cc1N1CCC(N2CCN(C)CC2)CC1. The maximum absolute atomic E-state index is 13.4. The monoisotopic (exact) mass is 751 g/mol. The van der Waals surface area contributed by atoms with E-state index in [9.17, 15) is 8.96 Å². The van der Waals surface area contributed by atoms with Crippen molar-refractivity contribution in [2.24, 2.45) is 0 Å². The van der Waals surface area contributed by atoms with E-state index in [0.29, 0.717) is 50.4 Å². The van der Waals surface area contributed by atoms with Crippen LogP contribution in [0.1, 0.15) is 25.3 Å². The molecule has 2 aliphatic rings. The number of likely N-dealkylation sites (N-methyl/N-ethyl adjacent to an activating group) is 1. The van der Waals surface area contributed by atoms with Gasteiger partial charge in [-0.05, 0) is 85.4 Å². The van der Waals surface area contributed by atoms with Gasteiger partial charge in [0.15, 0.2) is 11.6 Å². The molecule has 260 valence electrons. The standard InChI is InChI=1S/C35H44BrFN9O2P/c1-6-23-17-29(31(48-3)19-30(23)46-11-9-26(10-12-46)45-15-13-44(2)14-16-45)42-35-40-22-27(36)34(43-35)41-28-8-7-24(18-32(28)49(4,5)47)33-38-20-25(37)21-39-33/h7-8,17-22,26H,6,9-16H2,1-5H3,(H2,40,41,42,43). The highest BCUT2D eigenvalue weighted by Gasteiger charge is 2.28. The van der Waals surface area contributed by atoms with E-state index < -0.39 is 13.0 Å². The Balaban J connectivity index is 1.21. The van der Waals surface area contributed by atoms with Gasteiger partial charge in [0, 0.05) is 74.1 Å². The molecule has 0 bridgehead atoms. The van der Waals surface area contributed by atoms with Gasteiger partial charge in [-0.1, -0.05) is 6.92 Å². The zero-order valence-corrected chi connectivity index (χ0v) is 31.2. The Hall–Kier alpha value is -3.64. The van der Waals surface area contributed by atoms with Gasteiger partial charge in [-0.25, -0.2) is 19.3 Å². The van der Waals surface area contributed by atoms with Crippen molar-refractivity contribution in [1.82, 2.24) is 29.7 Å². The van der Waals surface area contributed by atoms with E-state index in [2.05, 4.69) is 82.3 Å². The molecule has 14 heteroatoms. The molecule has 2 aromatic heterocycles. The summed E-state index contributed by atoms with van der Waals surface area (Å²) in [6.07, 6.45) is 7.09. The lowest BCUT2D eigenvalue weighted by atomic mass is 9.99. The fourth-order valence-corrected chi connectivity index (χ4v) is 8.01. The van der Waals surface area contributed by atoms with Crippen molar-refractivity contribution in [1.29, 1.82) is 0 Å². The molecule has 0 spiro atoms. The van der Waals surface area contributed by atoms with Gasteiger partial charge in [-0.2, -0.15) is 4.98 Å². The summed E-state index contributed by atoms with van der Waals surface area (Å²) in [5.74, 6) is 1.41. The van der Waals surface area contributed by atoms with Crippen LogP contribution in [0.4, 0.5) is 33.2 Å². The Labute approximate surface area is 296 Å². The van der Waals surface area contributed by atoms with Crippen molar-refractivity contribution in [2.45, 2.75) is 32.2 Å². The first-order valence-corrected chi connectivity index (χ1v) is 20.0. The third-order valence-electron chi connectivity index (χ3n) is 9.34. The molecule has 6 rings (SSSR count). The van der Waals surface area contributed by atoms with Crippen molar-refractivity contribution in [3.63, 3.8) is 0 Å². The molecule has 2 aliphatic heterocycles. The molecular formula is C35H44BrFN9O2P. The van der Waals surface area contributed by atoms with Gasteiger partial charge in [0.2, 0.25) is 5.95 Å². The van der Waals surface area contributed by atoms with Crippen LogP contribution in [0.3, 0.4) is 0 Å². The molecule has 4 heterocycles. The van der Waals surface area contributed by atoms with Crippen molar-refractivity contribution >= 4 is 57.2 Å². The predicted octanol–water partition coefficient (Wildman–Crippen LogP) is 6.36. The van der Waals surface area contributed by atoms with E-state index in [1.165, 1.54) is 11.3 Å². The lowest BCUT2D eigenvalue weighted by Gasteiger charge is -2.43. The second kappa shape index (κ2) is 15.1. The molecule has 0 amide bonds. The molecule has 0 aliphatic carbocycles. The molecule has 2 saturated heterocycles. The summed E-state index contributed by atoms with van der Waals surface area (Å²) in [6.45, 7) is 12.2. The third kappa shape index (κ3) is 8.23. The van der Waals surface area contributed by atoms with Gasteiger partial charge in [0.1, 0.15) is 18.7 Å². The minimum absolute atomic E-state index is 0.346. The minimum atomic E-state index is -2.77. The first kappa shape index (κ1) is 35.2. The first-order valence-electron chi connectivity index (χ1n) is 16.6. The lowest BCUT2D eigenvalue weighted by molar-refractivity contribution is 0.0982. The zero-order valence-electron chi connectivity index (χ0n) is 28.7. The van der Waals surface area contributed by atoms with Crippen LogP contribution in [-0.2, 0) is 11.0 Å². The van der Waals surface area contributed by atoms with Crippen LogP contribution < -0.4 is 25.6 Å². The van der Waals surface area contributed by atoms with Crippen molar-refractivity contribution in [3.8, 4) is 17.1 Å². The van der Waals surface area contributed by atoms with Gasteiger partial charge >= 0.3 is 0 Å². The topological polar surface area (TPSA) is 112 Å². The van der Waals surface area contributed by atoms with Crippen LogP contribution in [0.25, 0.3) is 11.4 Å². The molecule has 0 unspecified atom stereocenters. The Bertz CT molecular complexity index is 1830. The van der Waals surface area contributed by atoms with E-state index in [-0.39, 0.29) is 0 Å². The number of hydrogen-bond donors (Lipinski definition) is 2. The molecule has 2 aromatic carbocycles. The number of nitrogens with zero attached hydrogens (tertiary/aromatic N) is 7. The Morgan fingerprint density at radius 1 is 0.959 bits per heavy atom. The van der Waals surface area contributed by atoms with E-state index in [0.717, 1.165) is 76.6 Å². The molecule has 2 N–H and O–H groups in total. The van der Waals surface area contributed by atoms with Gasteiger partial charge in [0.05, 0.1) is 35.4 Å². The molecule has 49 heavy (non-hydrogen) atoms. The quantitative estimate of drug-likeness (QED) is 0.177. The fourth-order valence-electron chi connectivity index (χ4n) is 6.56. The number of hydrogen-bond acceptors (Lipinski definition) is 11. The van der Waals surface area contributed by atoms with Gasteiger partial charge in [-0.3, -0.25) is 4.90 Å². The van der Waals surface area contributed by atoms with E-state index in [1.54, 1.807) is 38.8 Å². The van der Waals surface area contributed by atoms with Crippen LogP contribution >= 0.6 is 23.1 Å². The highest BCUT2D eigenvalue weighted by Crippen LogP contribution is 2.41. The number of ether oxygens (including phenoxy) is 1. The zero-order chi connectivity index (χ0) is 34.7. The highest BCUT2D eigenvalue weighted by molar-refractivity contribution is 9.10. The average Bonchev–Trinajstić information content (AvgIpc) is 3.10. The maximum atomic E-state index is 13.4. The fraction of sp³-hybridized carbons (Fsp3) is 0.429. The van der Waals surface area contributed by atoms with E-state index >= 15 is 0 Å². The summed E-state index contributed by atoms with van der Waals surface area (Å²) in [6, 6.07) is 10.3. The van der Waals surface area contributed by atoms with Gasteiger partial charge < -0.3 is 29.7 Å². The van der Waals surface area contributed by atoms with E-state index in [4.69, 9.17) is 9.72 Å². The highest BCUT2D eigenvalue weighted by atomic mass is 79.9.